The molecule has 0 fully saturated rings. The van der Waals surface area contributed by atoms with Crippen LogP contribution >= 0.6 is 0 Å². The van der Waals surface area contributed by atoms with E-state index in [1.165, 1.54) is 71.7 Å². The van der Waals surface area contributed by atoms with E-state index in [-0.39, 0.29) is 0 Å². The van der Waals surface area contributed by atoms with E-state index in [9.17, 15) is 0 Å². The summed E-state index contributed by atoms with van der Waals surface area (Å²) in [6, 6.07) is 60.2. The molecule has 0 bridgehead atoms. The predicted molar refractivity (Wildman–Crippen MR) is 227 cm³/mol. The second-order valence-electron chi connectivity index (χ2n) is 14.3. The number of rotatable bonds is 6. The van der Waals surface area contributed by atoms with Crippen molar-refractivity contribution in [2.24, 2.45) is 0 Å². The lowest BCUT2D eigenvalue weighted by Crippen LogP contribution is -2.11. The Balaban J connectivity index is 1.09. The van der Waals surface area contributed by atoms with E-state index in [0.29, 0.717) is 0 Å². The van der Waals surface area contributed by atoms with Gasteiger partial charge in [0.1, 0.15) is 0 Å². The van der Waals surface area contributed by atoms with Gasteiger partial charge >= 0.3 is 0 Å². The minimum atomic E-state index is 1.12. The standard InChI is InChI=1S/C52H39N/c1-2-12-36(13-3-1)37-22-24-38(25-23-37)39-26-30-43(31-27-39)53(52-35-42-15-5-7-17-46(42)48-19-10-11-21-50(48)52)44-32-28-40(29-33-44)51-34-41-14-4-6-16-45(41)47-18-8-9-20-49(47)51/h1-5,7,9-15,17,19-35H,6,8,16,18H2. The van der Waals surface area contributed by atoms with Crippen LogP contribution in [-0.4, -0.2) is 0 Å². The van der Waals surface area contributed by atoms with Crippen molar-refractivity contribution in [2.75, 3.05) is 4.90 Å². The molecule has 0 radical (unpaired) electrons. The summed E-state index contributed by atoms with van der Waals surface area (Å²) in [6.07, 6.45) is 13.9. The second-order valence-corrected chi connectivity index (χ2v) is 14.3. The van der Waals surface area contributed by atoms with Crippen LogP contribution < -0.4 is 4.90 Å². The molecule has 252 valence electrons. The van der Waals surface area contributed by atoms with Crippen molar-refractivity contribution in [3.05, 3.63) is 198 Å². The van der Waals surface area contributed by atoms with Gasteiger partial charge in [-0.05, 0) is 134 Å². The van der Waals surface area contributed by atoms with Gasteiger partial charge in [0.05, 0.1) is 5.69 Å². The average Bonchev–Trinajstić information content (AvgIpc) is 3.24. The van der Waals surface area contributed by atoms with Crippen LogP contribution in [0, 0.1) is 0 Å². The largest absolute Gasteiger partial charge is 0.310 e. The van der Waals surface area contributed by atoms with Gasteiger partial charge in [0.15, 0.2) is 0 Å². The summed E-state index contributed by atoms with van der Waals surface area (Å²) in [6.45, 7) is 0. The SMILES string of the molecule is C1=Cc2cc(-c3ccc(N(c4ccc(-c5ccc(-c6ccccc6)cc5)cc4)c4cc5ccccc5c5ccccc45)cc3)c3c(c2CC1)CCC=C3. The summed E-state index contributed by atoms with van der Waals surface area (Å²) in [5.74, 6) is 0. The van der Waals surface area contributed by atoms with E-state index in [1.807, 2.05) is 0 Å². The Labute approximate surface area is 311 Å². The molecule has 0 unspecified atom stereocenters. The molecule has 1 heteroatoms. The zero-order chi connectivity index (χ0) is 35.1. The Hall–Kier alpha value is -6.44. The molecular weight excluding hydrogens is 639 g/mol. The van der Waals surface area contributed by atoms with E-state index in [4.69, 9.17) is 0 Å². The smallest absolute Gasteiger partial charge is 0.0546 e. The van der Waals surface area contributed by atoms with Crippen molar-refractivity contribution in [3.63, 3.8) is 0 Å². The molecule has 0 heterocycles. The first-order valence-corrected chi connectivity index (χ1v) is 18.9. The highest BCUT2D eigenvalue weighted by atomic mass is 15.1. The molecule has 8 aromatic carbocycles. The summed E-state index contributed by atoms with van der Waals surface area (Å²) >= 11 is 0. The molecule has 8 aromatic rings. The molecule has 0 amide bonds. The summed E-state index contributed by atoms with van der Waals surface area (Å²) in [7, 11) is 0. The molecular formula is C52H39N. The number of hydrogen-bond acceptors (Lipinski definition) is 1. The zero-order valence-corrected chi connectivity index (χ0v) is 29.7. The van der Waals surface area contributed by atoms with Crippen molar-refractivity contribution in [1.29, 1.82) is 0 Å². The van der Waals surface area contributed by atoms with Crippen LogP contribution in [0.4, 0.5) is 17.1 Å². The quantitative estimate of drug-likeness (QED) is 0.158. The minimum absolute atomic E-state index is 1.12. The number of benzene rings is 8. The summed E-state index contributed by atoms with van der Waals surface area (Å²) in [5.41, 5.74) is 16.8. The Morgan fingerprint density at radius 3 is 1.62 bits per heavy atom. The highest BCUT2D eigenvalue weighted by molar-refractivity contribution is 6.14. The van der Waals surface area contributed by atoms with Crippen molar-refractivity contribution in [2.45, 2.75) is 25.7 Å². The first kappa shape index (κ1) is 31.3. The molecule has 10 rings (SSSR count). The topological polar surface area (TPSA) is 3.24 Å². The third-order valence-electron chi connectivity index (χ3n) is 11.2. The lowest BCUT2D eigenvalue weighted by molar-refractivity contribution is 0.906. The lowest BCUT2D eigenvalue weighted by atomic mass is 9.81. The molecule has 53 heavy (non-hydrogen) atoms. The number of fused-ring (bicyclic) bond motifs is 6. The van der Waals surface area contributed by atoms with Gasteiger partial charge in [0.25, 0.3) is 0 Å². The number of nitrogens with zero attached hydrogens (tertiary/aromatic N) is 1. The summed E-state index contributed by atoms with van der Waals surface area (Å²) < 4.78 is 0. The maximum atomic E-state index is 2.44. The van der Waals surface area contributed by atoms with E-state index in [2.05, 4.69) is 193 Å². The second kappa shape index (κ2) is 13.3. The van der Waals surface area contributed by atoms with Crippen LogP contribution in [0.3, 0.4) is 0 Å². The summed E-state index contributed by atoms with van der Waals surface area (Å²) in [4.78, 5) is 2.44. The van der Waals surface area contributed by atoms with E-state index < -0.39 is 0 Å². The highest BCUT2D eigenvalue weighted by Crippen LogP contribution is 2.44. The fraction of sp³-hybridized carbons (Fsp3) is 0.0769. The van der Waals surface area contributed by atoms with Gasteiger partial charge in [0, 0.05) is 16.8 Å². The molecule has 1 nitrogen and oxygen atoms in total. The third-order valence-corrected chi connectivity index (χ3v) is 11.2. The van der Waals surface area contributed by atoms with Gasteiger partial charge in [0.2, 0.25) is 0 Å². The summed E-state index contributed by atoms with van der Waals surface area (Å²) in [5, 5.41) is 5.00. The molecule has 0 aromatic heterocycles. The molecule has 0 aliphatic heterocycles. The van der Waals surface area contributed by atoms with Gasteiger partial charge in [-0.3, -0.25) is 0 Å². The van der Waals surface area contributed by atoms with E-state index in [1.54, 1.807) is 11.1 Å². The maximum Gasteiger partial charge on any atom is 0.0546 e. The van der Waals surface area contributed by atoms with Gasteiger partial charge in [-0.25, -0.2) is 0 Å². The number of allylic oxidation sites excluding steroid dienone is 2. The van der Waals surface area contributed by atoms with Crippen molar-refractivity contribution in [3.8, 4) is 33.4 Å². The van der Waals surface area contributed by atoms with Crippen LogP contribution in [0.5, 0.6) is 0 Å². The Kier molecular flexibility index (Phi) is 7.84. The Morgan fingerprint density at radius 2 is 0.925 bits per heavy atom. The molecule has 0 N–H and O–H groups in total. The fourth-order valence-electron chi connectivity index (χ4n) is 8.57. The van der Waals surface area contributed by atoms with Crippen LogP contribution in [0.15, 0.2) is 176 Å². The van der Waals surface area contributed by atoms with Crippen LogP contribution in [-0.2, 0) is 12.8 Å². The normalized spacial score (nSPS) is 13.2. The van der Waals surface area contributed by atoms with Gasteiger partial charge in [-0.15, -0.1) is 0 Å². The Bertz CT molecular complexity index is 2680. The molecule has 2 aliphatic rings. The first-order valence-electron chi connectivity index (χ1n) is 18.9. The van der Waals surface area contributed by atoms with Gasteiger partial charge < -0.3 is 4.90 Å². The highest BCUT2D eigenvalue weighted by Gasteiger charge is 2.21. The molecule has 0 saturated heterocycles. The monoisotopic (exact) mass is 677 g/mol. The van der Waals surface area contributed by atoms with Gasteiger partial charge in [-0.1, -0.05) is 152 Å². The minimum Gasteiger partial charge on any atom is -0.310 e. The molecule has 2 aliphatic carbocycles. The maximum absolute atomic E-state index is 2.44. The van der Waals surface area contributed by atoms with Crippen molar-refractivity contribution in [1.82, 2.24) is 0 Å². The third kappa shape index (κ3) is 5.66. The molecule has 0 spiro atoms. The van der Waals surface area contributed by atoms with Crippen LogP contribution in [0.25, 0.3) is 67.1 Å². The van der Waals surface area contributed by atoms with Crippen molar-refractivity contribution >= 4 is 50.8 Å². The van der Waals surface area contributed by atoms with Crippen LogP contribution in [0.1, 0.15) is 35.1 Å². The lowest BCUT2D eigenvalue weighted by Gasteiger charge is -2.28. The van der Waals surface area contributed by atoms with E-state index >= 15 is 0 Å². The molecule has 0 saturated carbocycles. The van der Waals surface area contributed by atoms with Crippen LogP contribution in [0.2, 0.25) is 0 Å². The fourth-order valence-corrected chi connectivity index (χ4v) is 8.57. The van der Waals surface area contributed by atoms with Crippen molar-refractivity contribution < 1.29 is 0 Å². The Morgan fingerprint density at radius 1 is 0.396 bits per heavy atom. The number of anilines is 3. The number of hydrogen-bond donors (Lipinski definition) is 0. The predicted octanol–water partition coefficient (Wildman–Crippen LogP) is 14.4. The zero-order valence-electron chi connectivity index (χ0n) is 29.7. The van der Waals surface area contributed by atoms with E-state index in [0.717, 1.165) is 37.1 Å². The average molecular weight is 678 g/mol. The first-order chi connectivity index (χ1) is 26.3. The van der Waals surface area contributed by atoms with Gasteiger partial charge in [-0.2, -0.15) is 0 Å². The molecule has 0 atom stereocenters.